The molecule has 0 bridgehead atoms. The second-order valence-corrected chi connectivity index (χ2v) is 9.58. The molecule has 0 aliphatic carbocycles. The van der Waals surface area contributed by atoms with Crippen LogP contribution in [-0.4, -0.2) is 49.3 Å². The molecule has 2 heterocycles. The first-order valence-electron chi connectivity index (χ1n) is 10.4. The third-order valence-corrected chi connectivity index (χ3v) is 7.50. The van der Waals surface area contributed by atoms with E-state index >= 15 is 0 Å². The molecule has 2 N–H and O–H groups in total. The molecule has 1 aromatic carbocycles. The fourth-order valence-electron chi connectivity index (χ4n) is 3.96. The Kier molecular flexibility index (Phi) is 7.17. The van der Waals surface area contributed by atoms with E-state index in [4.69, 9.17) is 4.74 Å². The molecule has 0 spiro atoms. The van der Waals surface area contributed by atoms with Crippen LogP contribution in [0.15, 0.2) is 35.2 Å². The highest BCUT2D eigenvalue weighted by atomic mass is 32.2. The number of benzene rings is 1. The maximum Gasteiger partial charge on any atom is 0.341 e. The van der Waals surface area contributed by atoms with E-state index in [9.17, 15) is 18.0 Å². The lowest BCUT2D eigenvalue weighted by Gasteiger charge is -2.31. The van der Waals surface area contributed by atoms with Gasteiger partial charge in [0.2, 0.25) is 15.9 Å². The van der Waals surface area contributed by atoms with Crippen LogP contribution in [0, 0.1) is 19.8 Å². The predicted octanol–water partition coefficient (Wildman–Crippen LogP) is 2.53. The number of H-pyrrole nitrogens is 1. The van der Waals surface area contributed by atoms with Crippen molar-refractivity contribution in [3.05, 3.63) is 52.8 Å². The maximum absolute atomic E-state index is 13.5. The third kappa shape index (κ3) is 4.99. The van der Waals surface area contributed by atoms with Gasteiger partial charge >= 0.3 is 5.97 Å². The first kappa shape index (κ1) is 23.0. The van der Waals surface area contributed by atoms with Crippen LogP contribution in [0.25, 0.3) is 0 Å². The Labute approximate surface area is 183 Å². The number of carbonyl (C=O) groups is 2. The quantitative estimate of drug-likeness (QED) is 0.634. The second kappa shape index (κ2) is 9.65. The molecule has 1 amide bonds. The Hall–Kier alpha value is -2.65. The summed E-state index contributed by atoms with van der Waals surface area (Å²) in [5, 5.41) is 2.90. The molecule has 1 fully saturated rings. The Morgan fingerprint density at radius 2 is 1.90 bits per heavy atom. The van der Waals surface area contributed by atoms with Crippen LogP contribution in [0.3, 0.4) is 0 Å². The monoisotopic (exact) mass is 447 g/mol. The lowest BCUT2D eigenvalue weighted by Crippen LogP contribution is -2.45. The van der Waals surface area contributed by atoms with E-state index in [2.05, 4.69) is 10.3 Å². The summed E-state index contributed by atoms with van der Waals surface area (Å²) in [6.45, 7) is 5.86. The molecule has 1 saturated heterocycles. The van der Waals surface area contributed by atoms with Crippen LogP contribution in [0.5, 0.6) is 0 Å². The van der Waals surface area contributed by atoms with Gasteiger partial charge < -0.3 is 15.0 Å². The fourth-order valence-corrected chi connectivity index (χ4v) is 5.90. The number of sulfonamides is 1. The number of amides is 1. The largest absolute Gasteiger partial charge is 0.462 e. The van der Waals surface area contributed by atoms with Crippen LogP contribution < -0.4 is 5.32 Å². The maximum atomic E-state index is 13.5. The molecule has 1 aromatic heterocycles. The predicted molar refractivity (Wildman–Crippen MR) is 116 cm³/mol. The van der Waals surface area contributed by atoms with Crippen molar-refractivity contribution in [2.45, 2.75) is 45.1 Å². The van der Waals surface area contributed by atoms with Gasteiger partial charge in [0.1, 0.15) is 10.5 Å². The highest BCUT2D eigenvalue weighted by Crippen LogP contribution is 2.30. The summed E-state index contributed by atoms with van der Waals surface area (Å²) >= 11 is 0. The topological polar surface area (TPSA) is 109 Å². The number of aromatic amines is 1. The summed E-state index contributed by atoms with van der Waals surface area (Å²) in [6.07, 6.45) is 1.18. The number of carbonyl (C=O) groups excluding carboxylic acids is 2. The van der Waals surface area contributed by atoms with E-state index < -0.39 is 21.9 Å². The van der Waals surface area contributed by atoms with Crippen molar-refractivity contribution in [2.75, 3.05) is 19.7 Å². The molecule has 2 aromatic rings. The summed E-state index contributed by atoms with van der Waals surface area (Å²) in [7, 11) is -3.98. The molecular formula is C22H29N3O5S. The minimum atomic E-state index is -3.98. The first-order chi connectivity index (χ1) is 14.8. The van der Waals surface area contributed by atoms with Gasteiger partial charge in [-0.3, -0.25) is 4.79 Å². The van der Waals surface area contributed by atoms with E-state index in [1.54, 1.807) is 20.8 Å². The summed E-state index contributed by atoms with van der Waals surface area (Å²) in [4.78, 5) is 28.0. The molecule has 0 saturated carbocycles. The number of ether oxygens (including phenoxy) is 1. The van der Waals surface area contributed by atoms with E-state index in [0.29, 0.717) is 37.3 Å². The molecule has 1 atom stereocenters. The zero-order valence-corrected chi connectivity index (χ0v) is 18.9. The number of hydrogen-bond donors (Lipinski definition) is 2. The highest BCUT2D eigenvalue weighted by Gasteiger charge is 2.38. The van der Waals surface area contributed by atoms with Crippen molar-refractivity contribution in [2.24, 2.45) is 5.92 Å². The van der Waals surface area contributed by atoms with Crippen molar-refractivity contribution >= 4 is 21.9 Å². The van der Waals surface area contributed by atoms with Crippen LogP contribution in [0.1, 0.15) is 47.1 Å². The van der Waals surface area contributed by atoms with Gasteiger partial charge in [-0.15, -0.1) is 0 Å². The van der Waals surface area contributed by atoms with Gasteiger partial charge in [0.05, 0.1) is 12.5 Å². The lowest BCUT2D eigenvalue weighted by atomic mass is 9.99. The summed E-state index contributed by atoms with van der Waals surface area (Å²) in [5.41, 5.74) is 1.85. The highest BCUT2D eigenvalue weighted by molar-refractivity contribution is 7.89. The van der Waals surface area contributed by atoms with Crippen LogP contribution in [0.2, 0.25) is 0 Å². The van der Waals surface area contributed by atoms with Gasteiger partial charge in [-0.1, -0.05) is 30.3 Å². The van der Waals surface area contributed by atoms with Crippen LogP contribution in [0.4, 0.5) is 0 Å². The van der Waals surface area contributed by atoms with Crippen molar-refractivity contribution < 1.29 is 22.7 Å². The standard InChI is InChI=1S/C22H29N3O5S/c1-4-30-22(27)19-15(2)24-16(3)20(19)31(28,29)25-12-8-11-18(14-25)21(26)23-13-17-9-6-5-7-10-17/h5-7,9-10,18,24H,4,8,11-14H2,1-3H3,(H,23,26)/t18-/m0/s1. The van der Waals surface area contributed by atoms with Crippen molar-refractivity contribution in [1.29, 1.82) is 0 Å². The van der Waals surface area contributed by atoms with Gasteiger partial charge in [0, 0.05) is 31.0 Å². The van der Waals surface area contributed by atoms with E-state index in [1.165, 1.54) is 4.31 Å². The fraction of sp³-hybridized carbons (Fsp3) is 0.455. The number of aryl methyl sites for hydroxylation is 2. The zero-order chi connectivity index (χ0) is 22.6. The Balaban J connectivity index is 1.78. The minimum Gasteiger partial charge on any atom is -0.462 e. The Morgan fingerprint density at radius 1 is 1.19 bits per heavy atom. The number of nitrogens with zero attached hydrogens (tertiary/aromatic N) is 1. The Morgan fingerprint density at radius 3 is 2.58 bits per heavy atom. The zero-order valence-electron chi connectivity index (χ0n) is 18.1. The van der Waals surface area contributed by atoms with E-state index in [0.717, 1.165) is 5.56 Å². The van der Waals surface area contributed by atoms with Gasteiger partial charge in [-0.25, -0.2) is 13.2 Å². The molecule has 3 rings (SSSR count). The molecule has 0 unspecified atom stereocenters. The van der Waals surface area contributed by atoms with Gasteiger partial charge in [0.25, 0.3) is 0 Å². The molecule has 1 aliphatic rings. The molecule has 9 heteroatoms. The minimum absolute atomic E-state index is 0.0370. The first-order valence-corrected chi connectivity index (χ1v) is 11.9. The third-order valence-electron chi connectivity index (χ3n) is 5.46. The van der Waals surface area contributed by atoms with Gasteiger partial charge in [0.15, 0.2) is 0 Å². The van der Waals surface area contributed by atoms with Crippen molar-refractivity contribution in [3.8, 4) is 0 Å². The van der Waals surface area contributed by atoms with Crippen LogP contribution in [-0.2, 0) is 26.1 Å². The molecule has 1 aliphatic heterocycles. The number of piperidine rings is 1. The molecular weight excluding hydrogens is 418 g/mol. The number of esters is 1. The summed E-state index contributed by atoms with van der Waals surface area (Å²) in [6, 6.07) is 9.56. The number of nitrogens with one attached hydrogen (secondary N) is 2. The van der Waals surface area contributed by atoms with Crippen molar-refractivity contribution in [1.82, 2.24) is 14.6 Å². The summed E-state index contributed by atoms with van der Waals surface area (Å²) in [5.74, 6) is -1.29. The van der Waals surface area contributed by atoms with Crippen LogP contribution >= 0.6 is 0 Å². The average molecular weight is 448 g/mol. The molecule has 0 radical (unpaired) electrons. The normalized spacial score (nSPS) is 17.3. The number of aromatic nitrogens is 1. The number of rotatable bonds is 7. The average Bonchev–Trinajstić information content (AvgIpc) is 3.07. The molecule has 168 valence electrons. The van der Waals surface area contributed by atoms with E-state index in [1.807, 2.05) is 30.3 Å². The van der Waals surface area contributed by atoms with E-state index in [-0.39, 0.29) is 29.5 Å². The SMILES string of the molecule is CCOC(=O)c1c(C)[nH]c(C)c1S(=O)(=O)N1CCC[C@H](C(=O)NCc2ccccc2)C1. The molecule has 31 heavy (non-hydrogen) atoms. The summed E-state index contributed by atoms with van der Waals surface area (Å²) < 4.78 is 33.3. The van der Waals surface area contributed by atoms with Gasteiger partial charge in [-0.2, -0.15) is 4.31 Å². The second-order valence-electron chi connectivity index (χ2n) is 7.71. The lowest BCUT2D eigenvalue weighted by molar-refractivity contribution is -0.126. The molecule has 8 nitrogen and oxygen atoms in total. The Bertz CT molecular complexity index is 1050. The smallest absolute Gasteiger partial charge is 0.341 e. The number of hydrogen-bond acceptors (Lipinski definition) is 5. The van der Waals surface area contributed by atoms with Gasteiger partial charge in [-0.05, 0) is 39.2 Å². The van der Waals surface area contributed by atoms with Crippen molar-refractivity contribution in [3.63, 3.8) is 0 Å².